The Morgan fingerprint density at radius 2 is 2.00 bits per heavy atom. The Labute approximate surface area is 152 Å². The number of hydrogen-bond acceptors (Lipinski definition) is 7. The summed E-state index contributed by atoms with van der Waals surface area (Å²) in [6.07, 6.45) is -0.717. The molecule has 142 valence electrons. The molecule has 1 heterocycles. The van der Waals surface area contributed by atoms with Crippen molar-refractivity contribution in [3.8, 4) is 5.75 Å². The van der Waals surface area contributed by atoms with Gasteiger partial charge in [0.2, 0.25) is 12.0 Å². The van der Waals surface area contributed by atoms with Gasteiger partial charge in [0.1, 0.15) is 11.7 Å². The Morgan fingerprint density at radius 1 is 1.35 bits per heavy atom. The molecule has 8 nitrogen and oxygen atoms in total. The summed E-state index contributed by atoms with van der Waals surface area (Å²) in [7, 11) is 2.82. The van der Waals surface area contributed by atoms with Crippen LogP contribution in [-0.4, -0.2) is 55.2 Å². The summed E-state index contributed by atoms with van der Waals surface area (Å²) < 4.78 is 9.82. The number of esters is 1. The van der Waals surface area contributed by atoms with Crippen LogP contribution in [0.4, 0.5) is 0 Å². The van der Waals surface area contributed by atoms with Gasteiger partial charge in [0.05, 0.1) is 32.1 Å². The SMILES string of the molecule is COC(=O)C1CC(C(C(=O)NC(C)(C)CO)c2ccc(OC)cc2)=NO1. The molecule has 0 bridgehead atoms. The summed E-state index contributed by atoms with van der Waals surface area (Å²) >= 11 is 0. The zero-order valence-corrected chi connectivity index (χ0v) is 15.3. The molecule has 0 saturated carbocycles. The highest BCUT2D eigenvalue weighted by Crippen LogP contribution is 2.28. The molecule has 1 amide bonds. The summed E-state index contributed by atoms with van der Waals surface area (Å²) in [5.74, 6) is -1.00. The van der Waals surface area contributed by atoms with Crippen molar-refractivity contribution in [1.29, 1.82) is 0 Å². The van der Waals surface area contributed by atoms with Crippen LogP contribution in [0.1, 0.15) is 31.7 Å². The maximum Gasteiger partial charge on any atom is 0.350 e. The van der Waals surface area contributed by atoms with Crippen molar-refractivity contribution in [3.05, 3.63) is 29.8 Å². The Kier molecular flexibility index (Phi) is 6.20. The first-order chi connectivity index (χ1) is 12.3. The lowest BCUT2D eigenvalue weighted by molar-refractivity contribution is -0.152. The second-order valence-electron chi connectivity index (χ2n) is 6.64. The Bertz CT molecular complexity index is 683. The molecule has 0 fully saturated rings. The molecule has 8 heteroatoms. The Balaban J connectivity index is 2.30. The number of aliphatic hydroxyl groups excluding tert-OH is 1. The van der Waals surface area contributed by atoms with E-state index in [0.29, 0.717) is 17.0 Å². The zero-order chi connectivity index (χ0) is 19.3. The van der Waals surface area contributed by atoms with Crippen molar-refractivity contribution in [2.45, 2.75) is 37.8 Å². The van der Waals surface area contributed by atoms with Crippen LogP contribution in [-0.2, 0) is 19.2 Å². The fraction of sp³-hybridized carbons (Fsp3) is 0.500. The van der Waals surface area contributed by atoms with Crippen molar-refractivity contribution in [2.75, 3.05) is 20.8 Å². The van der Waals surface area contributed by atoms with Crippen LogP contribution < -0.4 is 10.1 Å². The van der Waals surface area contributed by atoms with Crippen molar-refractivity contribution in [3.63, 3.8) is 0 Å². The predicted molar refractivity (Wildman–Crippen MR) is 94.0 cm³/mol. The lowest BCUT2D eigenvalue weighted by atomic mass is 9.89. The molecule has 0 spiro atoms. The average molecular weight is 364 g/mol. The maximum absolute atomic E-state index is 12.9. The molecule has 1 aromatic rings. The average Bonchev–Trinajstić information content (AvgIpc) is 3.11. The fourth-order valence-electron chi connectivity index (χ4n) is 2.56. The van der Waals surface area contributed by atoms with E-state index in [1.165, 1.54) is 7.11 Å². The number of carbonyl (C=O) groups excluding carboxylic acids is 2. The van der Waals surface area contributed by atoms with Crippen LogP contribution in [0.15, 0.2) is 29.4 Å². The minimum Gasteiger partial charge on any atom is -0.497 e. The number of nitrogens with one attached hydrogen (secondary N) is 1. The number of carbonyl (C=O) groups is 2. The number of hydrogen-bond donors (Lipinski definition) is 2. The van der Waals surface area contributed by atoms with Gasteiger partial charge >= 0.3 is 5.97 Å². The minimum absolute atomic E-state index is 0.149. The molecule has 0 aromatic heterocycles. The van der Waals surface area contributed by atoms with E-state index in [1.54, 1.807) is 45.2 Å². The van der Waals surface area contributed by atoms with Crippen LogP contribution >= 0.6 is 0 Å². The van der Waals surface area contributed by atoms with E-state index in [2.05, 4.69) is 15.2 Å². The first kappa shape index (κ1) is 19.7. The van der Waals surface area contributed by atoms with Gasteiger partial charge in [0.25, 0.3) is 0 Å². The van der Waals surface area contributed by atoms with Crippen LogP contribution in [0.3, 0.4) is 0 Å². The molecule has 0 aliphatic carbocycles. The third-order valence-corrected chi connectivity index (χ3v) is 4.06. The molecule has 1 aliphatic heterocycles. The molecule has 1 aliphatic rings. The largest absolute Gasteiger partial charge is 0.497 e. The monoisotopic (exact) mass is 364 g/mol. The van der Waals surface area contributed by atoms with Crippen LogP contribution in [0.5, 0.6) is 5.75 Å². The number of aliphatic hydroxyl groups is 1. The summed E-state index contributed by atoms with van der Waals surface area (Å²) in [4.78, 5) is 29.7. The van der Waals surface area contributed by atoms with Gasteiger partial charge in [0.15, 0.2) is 0 Å². The number of nitrogens with zero attached hydrogens (tertiary/aromatic N) is 1. The van der Waals surface area contributed by atoms with Crippen molar-refractivity contribution >= 4 is 17.6 Å². The number of benzene rings is 1. The first-order valence-electron chi connectivity index (χ1n) is 8.18. The maximum atomic E-state index is 12.9. The summed E-state index contributed by atoms with van der Waals surface area (Å²) in [5.41, 5.74) is 0.283. The van der Waals surface area contributed by atoms with E-state index in [0.717, 1.165) is 0 Å². The number of oxime groups is 1. The van der Waals surface area contributed by atoms with Crippen molar-refractivity contribution in [1.82, 2.24) is 5.32 Å². The van der Waals surface area contributed by atoms with Crippen LogP contribution in [0.25, 0.3) is 0 Å². The highest BCUT2D eigenvalue weighted by molar-refractivity contribution is 6.10. The van der Waals surface area contributed by atoms with Gasteiger partial charge in [0, 0.05) is 6.42 Å². The van der Waals surface area contributed by atoms with Gasteiger partial charge < -0.3 is 24.7 Å². The summed E-state index contributed by atoms with van der Waals surface area (Å²) in [6, 6.07) is 6.98. The number of amides is 1. The molecule has 2 N–H and O–H groups in total. The van der Waals surface area contributed by atoms with Gasteiger partial charge in [-0.25, -0.2) is 4.79 Å². The van der Waals surface area contributed by atoms with Crippen molar-refractivity contribution in [2.24, 2.45) is 5.16 Å². The molecule has 26 heavy (non-hydrogen) atoms. The minimum atomic E-state index is -0.866. The molecule has 2 atom stereocenters. The zero-order valence-electron chi connectivity index (χ0n) is 15.3. The van der Waals surface area contributed by atoms with E-state index < -0.39 is 23.5 Å². The first-order valence-corrected chi connectivity index (χ1v) is 8.18. The molecule has 0 saturated heterocycles. The normalized spacial score (nSPS) is 17.7. The molecular formula is C18H24N2O6. The number of methoxy groups -OCH3 is 2. The van der Waals surface area contributed by atoms with Gasteiger partial charge in [-0.3, -0.25) is 4.79 Å². The topological polar surface area (TPSA) is 106 Å². The molecular weight excluding hydrogens is 340 g/mol. The van der Waals surface area contributed by atoms with E-state index in [4.69, 9.17) is 9.57 Å². The van der Waals surface area contributed by atoms with Gasteiger partial charge in [-0.15, -0.1) is 0 Å². The molecule has 2 rings (SSSR count). The Morgan fingerprint density at radius 3 is 2.54 bits per heavy atom. The van der Waals surface area contributed by atoms with E-state index >= 15 is 0 Å². The van der Waals surface area contributed by atoms with Crippen LogP contribution in [0.2, 0.25) is 0 Å². The summed E-state index contributed by atoms with van der Waals surface area (Å²) in [6.45, 7) is 3.20. The van der Waals surface area contributed by atoms with E-state index in [9.17, 15) is 14.7 Å². The third kappa shape index (κ3) is 4.51. The second-order valence-corrected chi connectivity index (χ2v) is 6.64. The molecule has 0 radical (unpaired) electrons. The van der Waals surface area contributed by atoms with Gasteiger partial charge in [-0.1, -0.05) is 17.3 Å². The van der Waals surface area contributed by atoms with Crippen LogP contribution in [0, 0.1) is 0 Å². The lowest BCUT2D eigenvalue weighted by Crippen LogP contribution is -2.49. The predicted octanol–water partition coefficient (Wildman–Crippen LogP) is 0.984. The van der Waals surface area contributed by atoms with Gasteiger partial charge in [-0.05, 0) is 31.5 Å². The second kappa shape index (κ2) is 8.18. The Hall–Kier alpha value is -2.61. The number of ether oxygens (including phenoxy) is 2. The van der Waals surface area contributed by atoms with E-state index in [1.807, 2.05) is 0 Å². The van der Waals surface area contributed by atoms with Gasteiger partial charge in [-0.2, -0.15) is 0 Å². The number of rotatable bonds is 7. The fourth-order valence-corrected chi connectivity index (χ4v) is 2.56. The summed E-state index contributed by atoms with van der Waals surface area (Å²) in [5, 5.41) is 16.2. The molecule has 2 unspecified atom stereocenters. The highest BCUT2D eigenvalue weighted by Gasteiger charge is 2.38. The molecule has 1 aromatic carbocycles. The quantitative estimate of drug-likeness (QED) is 0.699. The standard InChI is InChI=1S/C18H24N2O6/c1-18(2,10-21)19-16(22)15(11-5-7-12(24-3)8-6-11)13-9-14(26-20-13)17(23)25-4/h5-8,14-15,21H,9-10H2,1-4H3,(H,19,22). The van der Waals surface area contributed by atoms with E-state index in [-0.39, 0.29) is 18.9 Å². The highest BCUT2D eigenvalue weighted by atomic mass is 16.7. The van der Waals surface area contributed by atoms with Crippen molar-refractivity contribution < 1.29 is 29.0 Å². The lowest BCUT2D eigenvalue weighted by Gasteiger charge is -2.27. The smallest absolute Gasteiger partial charge is 0.350 e. The third-order valence-electron chi connectivity index (χ3n) is 4.06.